The van der Waals surface area contributed by atoms with Gasteiger partial charge in [-0.3, -0.25) is 4.79 Å². The summed E-state index contributed by atoms with van der Waals surface area (Å²) in [4.78, 5) is 22.6. The van der Waals surface area contributed by atoms with E-state index in [1.165, 1.54) is 10.6 Å². The third kappa shape index (κ3) is 2.56. The maximum Gasteiger partial charge on any atom is 0.338 e. The van der Waals surface area contributed by atoms with Crippen LogP contribution in [0.4, 0.5) is 0 Å². The van der Waals surface area contributed by atoms with Crippen LogP contribution in [0.15, 0.2) is 29.7 Å². The number of aryl methyl sites for hydroxylation is 1. The smallest absolute Gasteiger partial charge is 0.338 e. The quantitative estimate of drug-likeness (QED) is 0.548. The first-order valence-corrected chi connectivity index (χ1v) is 4.59. The molecular weight excluding hydrogens is 194 g/mol. The SMILES string of the molecule is C=C(C(=O)OCC)c1ccn(C)c(=O)c1. The van der Waals surface area contributed by atoms with E-state index >= 15 is 0 Å². The summed E-state index contributed by atoms with van der Waals surface area (Å²) in [6.45, 7) is 5.60. The Kier molecular flexibility index (Phi) is 3.44. The van der Waals surface area contributed by atoms with E-state index in [9.17, 15) is 9.59 Å². The van der Waals surface area contributed by atoms with Gasteiger partial charge < -0.3 is 9.30 Å². The van der Waals surface area contributed by atoms with Crippen molar-refractivity contribution in [3.63, 3.8) is 0 Å². The molecule has 1 heterocycles. The fraction of sp³-hybridized carbons (Fsp3) is 0.273. The first-order valence-electron chi connectivity index (χ1n) is 4.59. The molecule has 0 aliphatic rings. The van der Waals surface area contributed by atoms with Crippen molar-refractivity contribution in [2.24, 2.45) is 7.05 Å². The summed E-state index contributed by atoms with van der Waals surface area (Å²) in [7, 11) is 1.64. The van der Waals surface area contributed by atoms with Gasteiger partial charge in [-0.05, 0) is 18.6 Å². The molecule has 0 fully saturated rings. The summed E-state index contributed by atoms with van der Waals surface area (Å²) in [6.07, 6.45) is 1.59. The van der Waals surface area contributed by atoms with Crippen LogP contribution >= 0.6 is 0 Å². The molecule has 0 amide bonds. The van der Waals surface area contributed by atoms with Gasteiger partial charge in [-0.2, -0.15) is 0 Å². The minimum absolute atomic E-state index is 0.182. The average Bonchev–Trinajstić information content (AvgIpc) is 2.21. The molecule has 0 atom stereocenters. The zero-order valence-corrected chi connectivity index (χ0v) is 8.82. The van der Waals surface area contributed by atoms with E-state index in [0.717, 1.165) is 0 Å². The molecule has 0 unspecified atom stereocenters. The highest BCUT2D eigenvalue weighted by Gasteiger charge is 2.10. The number of carbonyl (C=O) groups excluding carboxylic acids is 1. The van der Waals surface area contributed by atoms with Gasteiger partial charge >= 0.3 is 5.97 Å². The van der Waals surface area contributed by atoms with E-state index in [4.69, 9.17) is 4.74 Å². The number of nitrogens with zero attached hydrogens (tertiary/aromatic N) is 1. The van der Waals surface area contributed by atoms with Crippen LogP contribution in [0, 0.1) is 0 Å². The molecule has 0 aromatic carbocycles. The topological polar surface area (TPSA) is 48.3 Å². The highest BCUT2D eigenvalue weighted by Crippen LogP contribution is 2.11. The van der Waals surface area contributed by atoms with Gasteiger partial charge in [0.2, 0.25) is 0 Å². The molecule has 15 heavy (non-hydrogen) atoms. The van der Waals surface area contributed by atoms with Crippen molar-refractivity contribution in [3.05, 3.63) is 40.8 Å². The predicted octanol–water partition coefficient (Wildman–Crippen LogP) is 0.962. The van der Waals surface area contributed by atoms with E-state index in [-0.39, 0.29) is 11.1 Å². The standard InChI is InChI=1S/C11H13NO3/c1-4-15-11(14)8(2)9-5-6-12(3)10(13)7-9/h5-7H,2,4H2,1,3H3. The third-order valence-corrected chi connectivity index (χ3v) is 1.97. The van der Waals surface area contributed by atoms with E-state index in [0.29, 0.717) is 12.2 Å². The van der Waals surface area contributed by atoms with Crippen molar-refractivity contribution in [1.82, 2.24) is 4.57 Å². The van der Waals surface area contributed by atoms with Crippen molar-refractivity contribution in [3.8, 4) is 0 Å². The largest absolute Gasteiger partial charge is 0.462 e. The predicted molar refractivity (Wildman–Crippen MR) is 57.4 cm³/mol. The number of hydrogen-bond acceptors (Lipinski definition) is 3. The Morgan fingerprint density at radius 1 is 1.60 bits per heavy atom. The fourth-order valence-corrected chi connectivity index (χ4v) is 1.07. The molecule has 1 aromatic rings. The Labute approximate surface area is 87.8 Å². The van der Waals surface area contributed by atoms with Gasteiger partial charge in [0.1, 0.15) is 0 Å². The zero-order valence-electron chi connectivity index (χ0n) is 8.82. The van der Waals surface area contributed by atoms with Crippen LogP contribution in [-0.2, 0) is 16.6 Å². The second-order valence-electron chi connectivity index (χ2n) is 3.06. The lowest BCUT2D eigenvalue weighted by molar-refractivity contribution is -0.136. The van der Waals surface area contributed by atoms with Crippen LogP contribution in [0.5, 0.6) is 0 Å². The van der Waals surface area contributed by atoms with Crippen LogP contribution in [0.1, 0.15) is 12.5 Å². The zero-order chi connectivity index (χ0) is 11.4. The number of hydrogen-bond donors (Lipinski definition) is 0. The van der Waals surface area contributed by atoms with Crippen LogP contribution in [0.2, 0.25) is 0 Å². The summed E-state index contributed by atoms with van der Waals surface area (Å²) >= 11 is 0. The highest BCUT2D eigenvalue weighted by molar-refractivity contribution is 6.15. The molecule has 0 saturated heterocycles. The molecular formula is C11H13NO3. The number of esters is 1. The van der Waals surface area contributed by atoms with Crippen molar-refractivity contribution in [2.45, 2.75) is 6.92 Å². The Balaban J connectivity index is 2.97. The normalized spacial score (nSPS) is 9.73. The molecule has 0 aliphatic heterocycles. The summed E-state index contributed by atoms with van der Waals surface area (Å²) in [6, 6.07) is 3.01. The second-order valence-corrected chi connectivity index (χ2v) is 3.06. The summed E-state index contributed by atoms with van der Waals surface area (Å²) in [5, 5.41) is 0. The van der Waals surface area contributed by atoms with Gasteiger partial charge in [0.05, 0.1) is 12.2 Å². The molecule has 80 valence electrons. The van der Waals surface area contributed by atoms with Gasteiger partial charge in [-0.25, -0.2) is 4.79 Å². The Bertz CT molecular complexity index is 445. The fourth-order valence-electron chi connectivity index (χ4n) is 1.07. The molecule has 0 spiro atoms. The van der Waals surface area contributed by atoms with E-state index in [1.807, 2.05) is 0 Å². The van der Waals surface area contributed by atoms with E-state index in [1.54, 1.807) is 26.2 Å². The summed E-state index contributed by atoms with van der Waals surface area (Å²) in [5.41, 5.74) is 0.518. The van der Waals surface area contributed by atoms with Crippen molar-refractivity contribution in [2.75, 3.05) is 6.61 Å². The lowest BCUT2D eigenvalue weighted by Gasteiger charge is -2.05. The van der Waals surface area contributed by atoms with E-state index < -0.39 is 5.97 Å². The van der Waals surface area contributed by atoms with Crippen LogP contribution in [-0.4, -0.2) is 17.1 Å². The summed E-state index contributed by atoms with van der Waals surface area (Å²) in [5.74, 6) is -0.495. The first kappa shape index (κ1) is 11.2. The monoisotopic (exact) mass is 207 g/mol. The van der Waals surface area contributed by atoms with Crippen LogP contribution < -0.4 is 5.56 Å². The molecule has 0 bridgehead atoms. The van der Waals surface area contributed by atoms with Gasteiger partial charge in [0, 0.05) is 19.3 Å². The van der Waals surface area contributed by atoms with Crippen LogP contribution in [0.3, 0.4) is 0 Å². The third-order valence-electron chi connectivity index (χ3n) is 1.97. The number of rotatable bonds is 3. The van der Waals surface area contributed by atoms with Gasteiger partial charge in [0.15, 0.2) is 0 Å². The van der Waals surface area contributed by atoms with Crippen molar-refractivity contribution >= 4 is 11.5 Å². The Morgan fingerprint density at radius 3 is 2.80 bits per heavy atom. The molecule has 0 saturated carbocycles. The van der Waals surface area contributed by atoms with Gasteiger partial charge in [-0.15, -0.1) is 0 Å². The van der Waals surface area contributed by atoms with Crippen molar-refractivity contribution < 1.29 is 9.53 Å². The summed E-state index contributed by atoms with van der Waals surface area (Å²) < 4.78 is 6.20. The van der Waals surface area contributed by atoms with Crippen molar-refractivity contribution in [1.29, 1.82) is 0 Å². The highest BCUT2D eigenvalue weighted by atomic mass is 16.5. The number of ether oxygens (including phenoxy) is 1. The van der Waals surface area contributed by atoms with E-state index in [2.05, 4.69) is 6.58 Å². The first-order chi connectivity index (χ1) is 7.06. The lowest BCUT2D eigenvalue weighted by atomic mass is 10.1. The molecule has 0 N–H and O–H groups in total. The number of aromatic nitrogens is 1. The van der Waals surface area contributed by atoms with Crippen LogP contribution in [0.25, 0.3) is 5.57 Å². The average molecular weight is 207 g/mol. The maximum atomic E-state index is 11.3. The minimum Gasteiger partial charge on any atom is -0.462 e. The van der Waals surface area contributed by atoms with Gasteiger partial charge in [-0.1, -0.05) is 6.58 Å². The Hall–Kier alpha value is -1.84. The minimum atomic E-state index is -0.495. The van der Waals surface area contributed by atoms with Gasteiger partial charge in [0.25, 0.3) is 5.56 Å². The lowest BCUT2D eigenvalue weighted by Crippen LogP contribution is -2.16. The molecule has 1 aromatic heterocycles. The second kappa shape index (κ2) is 4.59. The molecule has 1 rings (SSSR count). The number of carbonyl (C=O) groups is 1. The number of pyridine rings is 1. The molecule has 4 heteroatoms. The molecule has 0 radical (unpaired) electrons. The molecule has 0 aliphatic carbocycles. The maximum absolute atomic E-state index is 11.3. The molecule has 4 nitrogen and oxygen atoms in total. The Morgan fingerprint density at radius 2 is 2.27 bits per heavy atom.